The minimum Gasteiger partial charge on any atom is -0.384 e. The molecule has 0 saturated carbocycles. The van der Waals surface area contributed by atoms with Gasteiger partial charge in [-0.15, -0.1) is 11.3 Å². The summed E-state index contributed by atoms with van der Waals surface area (Å²) in [4.78, 5) is 23.8. The van der Waals surface area contributed by atoms with Crippen LogP contribution < -0.4 is 10.6 Å². The maximum absolute atomic E-state index is 11.7. The van der Waals surface area contributed by atoms with Crippen molar-refractivity contribution in [2.24, 2.45) is 0 Å². The summed E-state index contributed by atoms with van der Waals surface area (Å²) in [7, 11) is 0. The molecule has 0 atom stereocenters. The highest BCUT2D eigenvalue weighted by molar-refractivity contribution is 7.10. The molecule has 0 unspecified atom stereocenters. The molecule has 0 aliphatic rings. The van der Waals surface area contributed by atoms with E-state index in [-0.39, 0.29) is 31.0 Å². The fourth-order valence-electron chi connectivity index (χ4n) is 1.28. The van der Waals surface area contributed by atoms with Gasteiger partial charge in [0.15, 0.2) is 0 Å². The van der Waals surface area contributed by atoms with Crippen molar-refractivity contribution in [1.82, 2.24) is 10.6 Å². The molecule has 1 heterocycles. The number of nitrogens with one attached hydrogen (secondary N) is 2. The Kier molecular flexibility index (Phi) is 6.06. The van der Waals surface area contributed by atoms with Gasteiger partial charge in [-0.25, -0.2) is 0 Å². The molecule has 3 N–H and O–H groups in total. The van der Waals surface area contributed by atoms with Gasteiger partial charge < -0.3 is 15.7 Å². The molecule has 19 heavy (non-hydrogen) atoms. The van der Waals surface area contributed by atoms with Crippen LogP contribution in [0.3, 0.4) is 0 Å². The quantitative estimate of drug-likeness (QED) is 0.696. The van der Waals surface area contributed by atoms with E-state index < -0.39 is 0 Å². The molecule has 0 saturated heterocycles. The molecule has 0 aromatic carbocycles. The summed E-state index contributed by atoms with van der Waals surface area (Å²) in [5.41, 5.74) is 0.463. The number of carbonyl (C=O) groups excluding carboxylic acids is 2. The second kappa shape index (κ2) is 7.56. The predicted molar refractivity (Wildman–Crippen MR) is 73.9 cm³/mol. The number of rotatable bonds is 4. The first kappa shape index (κ1) is 15.2. The summed E-state index contributed by atoms with van der Waals surface area (Å²) in [6.45, 7) is 3.44. The maximum Gasteiger partial charge on any atom is 0.252 e. The van der Waals surface area contributed by atoms with Crippen LogP contribution in [-0.2, 0) is 4.79 Å². The van der Waals surface area contributed by atoms with Crippen LogP contribution in [0, 0.1) is 11.8 Å². The van der Waals surface area contributed by atoms with Crippen molar-refractivity contribution in [3.05, 3.63) is 21.9 Å². The Morgan fingerprint density at radius 1 is 1.47 bits per heavy atom. The molecule has 1 aromatic heterocycles. The number of hydrogen-bond acceptors (Lipinski definition) is 4. The van der Waals surface area contributed by atoms with Crippen LogP contribution in [0.2, 0.25) is 0 Å². The number of hydrogen-bond donors (Lipinski definition) is 3. The molecular weight excluding hydrogens is 264 g/mol. The summed E-state index contributed by atoms with van der Waals surface area (Å²) >= 11 is 1.32. The lowest BCUT2D eigenvalue weighted by atomic mass is 10.3. The Labute approximate surface area is 116 Å². The molecule has 0 aliphatic heterocycles. The van der Waals surface area contributed by atoms with Gasteiger partial charge in [0.2, 0.25) is 5.91 Å². The van der Waals surface area contributed by atoms with Gasteiger partial charge in [-0.05, 0) is 19.9 Å². The standard InChI is InChI=1S/C13H16N2O3S/c1-9(2)15-12(17)7-14-13(18)10-6-11(19-8-10)4-3-5-16/h6,8-9,16H,5,7H2,1-2H3,(H,14,18)(H,15,17). The van der Waals surface area contributed by atoms with Crippen LogP contribution in [0.1, 0.15) is 29.1 Å². The Balaban J connectivity index is 2.50. The molecule has 6 heteroatoms. The van der Waals surface area contributed by atoms with Crippen molar-refractivity contribution in [2.45, 2.75) is 19.9 Å². The van der Waals surface area contributed by atoms with E-state index in [0.717, 1.165) is 0 Å². The van der Waals surface area contributed by atoms with E-state index in [9.17, 15) is 9.59 Å². The third kappa shape index (κ3) is 5.55. The van der Waals surface area contributed by atoms with Crippen LogP contribution in [0.25, 0.3) is 0 Å². The maximum atomic E-state index is 11.7. The molecule has 102 valence electrons. The first-order valence-corrected chi connectivity index (χ1v) is 6.66. The predicted octanol–water partition coefficient (Wildman–Crippen LogP) is 0.346. The Bertz CT molecular complexity index is 511. The van der Waals surface area contributed by atoms with E-state index in [1.165, 1.54) is 11.3 Å². The zero-order valence-corrected chi connectivity index (χ0v) is 11.6. The van der Waals surface area contributed by atoms with Crippen LogP contribution >= 0.6 is 11.3 Å². The monoisotopic (exact) mass is 280 g/mol. The zero-order chi connectivity index (χ0) is 14.3. The lowest BCUT2D eigenvalue weighted by molar-refractivity contribution is -0.120. The molecule has 1 rings (SSSR count). The molecule has 0 fully saturated rings. The Morgan fingerprint density at radius 3 is 2.84 bits per heavy atom. The highest BCUT2D eigenvalue weighted by Gasteiger charge is 2.10. The van der Waals surface area contributed by atoms with Crippen LogP contribution in [0.15, 0.2) is 11.4 Å². The molecule has 0 aliphatic carbocycles. The second-order valence-corrected chi connectivity index (χ2v) is 4.98. The van der Waals surface area contributed by atoms with Crippen molar-refractivity contribution >= 4 is 23.2 Å². The normalized spacial score (nSPS) is 9.68. The molecule has 1 aromatic rings. The first-order valence-electron chi connectivity index (χ1n) is 5.78. The zero-order valence-electron chi connectivity index (χ0n) is 10.8. The molecule has 0 spiro atoms. The summed E-state index contributed by atoms with van der Waals surface area (Å²) < 4.78 is 0. The van der Waals surface area contributed by atoms with Gasteiger partial charge in [0, 0.05) is 11.4 Å². The van der Waals surface area contributed by atoms with Crippen molar-refractivity contribution < 1.29 is 14.7 Å². The van der Waals surface area contributed by atoms with E-state index in [4.69, 9.17) is 5.11 Å². The number of aliphatic hydroxyl groups excluding tert-OH is 1. The third-order valence-electron chi connectivity index (χ3n) is 2.01. The topological polar surface area (TPSA) is 78.4 Å². The third-order valence-corrected chi connectivity index (χ3v) is 2.86. The van der Waals surface area contributed by atoms with Gasteiger partial charge in [0.1, 0.15) is 6.61 Å². The fourth-order valence-corrected chi connectivity index (χ4v) is 2.04. The van der Waals surface area contributed by atoms with E-state index in [2.05, 4.69) is 22.5 Å². The largest absolute Gasteiger partial charge is 0.384 e. The van der Waals surface area contributed by atoms with E-state index in [0.29, 0.717) is 10.4 Å². The molecular formula is C13H16N2O3S. The average Bonchev–Trinajstić information content (AvgIpc) is 2.81. The summed E-state index contributed by atoms with van der Waals surface area (Å²) in [5, 5.41) is 15.4. The summed E-state index contributed by atoms with van der Waals surface area (Å²) in [6.07, 6.45) is 0. The van der Waals surface area contributed by atoms with Crippen LogP contribution in [0.5, 0.6) is 0 Å². The smallest absolute Gasteiger partial charge is 0.252 e. The van der Waals surface area contributed by atoms with Crippen molar-refractivity contribution in [1.29, 1.82) is 0 Å². The van der Waals surface area contributed by atoms with Gasteiger partial charge >= 0.3 is 0 Å². The first-order chi connectivity index (χ1) is 9.02. The minimum absolute atomic E-state index is 0.0471. The molecule has 2 amide bonds. The van der Waals surface area contributed by atoms with Gasteiger partial charge in [0.05, 0.1) is 17.0 Å². The highest BCUT2D eigenvalue weighted by atomic mass is 32.1. The van der Waals surface area contributed by atoms with E-state index in [1.54, 1.807) is 11.4 Å². The Morgan fingerprint density at radius 2 is 2.21 bits per heavy atom. The van der Waals surface area contributed by atoms with Gasteiger partial charge in [-0.1, -0.05) is 11.8 Å². The average molecular weight is 280 g/mol. The van der Waals surface area contributed by atoms with Crippen LogP contribution in [-0.4, -0.2) is 36.1 Å². The van der Waals surface area contributed by atoms with Gasteiger partial charge in [-0.3, -0.25) is 9.59 Å². The summed E-state index contributed by atoms with van der Waals surface area (Å²) in [5.74, 6) is 4.69. The van der Waals surface area contributed by atoms with Crippen molar-refractivity contribution in [2.75, 3.05) is 13.2 Å². The number of thiophene rings is 1. The van der Waals surface area contributed by atoms with Crippen molar-refractivity contribution in [3.8, 4) is 11.8 Å². The molecule has 0 bridgehead atoms. The molecule has 0 radical (unpaired) electrons. The van der Waals surface area contributed by atoms with E-state index >= 15 is 0 Å². The minimum atomic E-state index is -0.313. The number of amides is 2. The fraction of sp³-hybridized carbons (Fsp3) is 0.385. The van der Waals surface area contributed by atoms with Gasteiger partial charge in [0.25, 0.3) is 5.91 Å². The van der Waals surface area contributed by atoms with Crippen molar-refractivity contribution in [3.63, 3.8) is 0 Å². The van der Waals surface area contributed by atoms with Gasteiger partial charge in [-0.2, -0.15) is 0 Å². The summed E-state index contributed by atoms with van der Waals surface area (Å²) in [6, 6.07) is 1.68. The number of aliphatic hydroxyl groups is 1. The Hall–Kier alpha value is -1.84. The number of carbonyl (C=O) groups is 2. The lowest BCUT2D eigenvalue weighted by Crippen LogP contribution is -2.39. The lowest BCUT2D eigenvalue weighted by Gasteiger charge is -2.08. The highest BCUT2D eigenvalue weighted by Crippen LogP contribution is 2.13. The van der Waals surface area contributed by atoms with Crippen LogP contribution in [0.4, 0.5) is 0 Å². The SMILES string of the molecule is CC(C)NC(=O)CNC(=O)c1csc(C#CCO)c1. The molecule has 5 nitrogen and oxygen atoms in total. The second-order valence-electron chi connectivity index (χ2n) is 4.06. The van der Waals surface area contributed by atoms with E-state index in [1.807, 2.05) is 13.8 Å².